The summed E-state index contributed by atoms with van der Waals surface area (Å²) in [7, 11) is 0. The van der Waals surface area contributed by atoms with Crippen molar-refractivity contribution in [2.24, 2.45) is 0 Å². The maximum absolute atomic E-state index is 11.8. The van der Waals surface area contributed by atoms with E-state index in [4.69, 9.17) is 11.6 Å². The Morgan fingerprint density at radius 3 is 2.80 bits per heavy atom. The van der Waals surface area contributed by atoms with E-state index in [0.29, 0.717) is 17.7 Å². The molecule has 104 valence electrons. The minimum atomic E-state index is -0.507. The number of aryl methyl sites for hydroxylation is 1. The first kappa shape index (κ1) is 14.4. The molecule has 1 N–H and O–H groups in total. The molecule has 1 aromatic carbocycles. The van der Waals surface area contributed by atoms with Crippen molar-refractivity contribution in [1.29, 1.82) is 0 Å². The van der Waals surface area contributed by atoms with Crippen molar-refractivity contribution >= 4 is 40.2 Å². The number of nitrogens with zero attached hydrogens (tertiary/aromatic N) is 3. The molecule has 0 spiro atoms. The number of carbonyl (C=O) groups is 1. The van der Waals surface area contributed by atoms with Crippen molar-refractivity contribution in [3.8, 4) is 0 Å². The minimum absolute atomic E-state index is 0.0272. The molecule has 0 aliphatic rings. The van der Waals surface area contributed by atoms with Crippen LogP contribution in [0, 0.1) is 10.1 Å². The Morgan fingerprint density at radius 2 is 2.25 bits per heavy atom. The van der Waals surface area contributed by atoms with Crippen molar-refractivity contribution in [3.63, 3.8) is 0 Å². The molecule has 0 saturated carbocycles. The van der Waals surface area contributed by atoms with Crippen LogP contribution in [0.25, 0.3) is 0 Å². The molecule has 0 fully saturated rings. The van der Waals surface area contributed by atoms with Crippen LogP contribution in [0.15, 0.2) is 18.2 Å². The SMILES string of the molecule is CCc1ccc(NC(=O)c2nnc(Cl)s2)cc1[N+](=O)[O-]. The third-order valence-electron chi connectivity index (χ3n) is 2.52. The zero-order valence-corrected chi connectivity index (χ0v) is 11.9. The maximum Gasteiger partial charge on any atom is 0.286 e. The van der Waals surface area contributed by atoms with Crippen LogP contribution >= 0.6 is 22.9 Å². The summed E-state index contributed by atoms with van der Waals surface area (Å²) in [5, 5.41) is 20.7. The first-order valence-electron chi connectivity index (χ1n) is 5.59. The fourth-order valence-electron chi connectivity index (χ4n) is 1.59. The highest BCUT2D eigenvalue weighted by Gasteiger charge is 2.16. The zero-order chi connectivity index (χ0) is 14.7. The summed E-state index contributed by atoms with van der Waals surface area (Å²) in [6, 6.07) is 4.53. The number of hydrogen-bond acceptors (Lipinski definition) is 6. The Balaban J connectivity index is 2.23. The summed E-state index contributed by atoms with van der Waals surface area (Å²) in [4.78, 5) is 22.3. The van der Waals surface area contributed by atoms with E-state index in [-0.39, 0.29) is 15.2 Å². The predicted octanol–water partition coefficient (Wildman–Crippen LogP) is 2.91. The Kier molecular flexibility index (Phi) is 4.26. The van der Waals surface area contributed by atoms with E-state index in [2.05, 4.69) is 15.5 Å². The number of carbonyl (C=O) groups excluding carboxylic acids is 1. The molecule has 1 amide bonds. The van der Waals surface area contributed by atoms with Crippen molar-refractivity contribution in [1.82, 2.24) is 10.2 Å². The molecule has 0 saturated heterocycles. The number of aromatic nitrogens is 2. The summed E-state index contributed by atoms with van der Waals surface area (Å²) in [5.41, 5.74) is 0.901. The van der Waals surface area contributed by atoms with E-state index in [0.717, 1.165) is 11.3 Å². The third kappa shape index (κ3) is 3.09. The second-order valence-electron chi connectivity index (χ2n) is 3.77. The quantitative estimate of drug-likeness (QED) is 0.691. The standard InChI is InChI=1S/C11H9ClN4O3S/c1-2-6-3-4-7(5-8(6)16(18)19)13-9(17)10-14-15-11(12)20-10/h3-5H,2H2,1H3,(H,13,17). The Labute approximate surface area is 122 Å². The number of nitrogens with one attached hydrogen (secondary N) is 1. The number of benzene rings is 1. The molecule has 0 radical (unpaired) electrons. The smallest absolute Gasteiger partial charge is 0.286 e. The van der Waals surface area contributed by atoms with Crippen LogP contribution in [0.1, 0.15) is 22.3 Å². The number of hydrogen-bond donors (Lipinski definition) is 1. The van der Waals surface area contributed by atoms with Gasteiger partial charge < -0.3 is 5.32 Å². The first-order valence-corrected chi connectivity index (χ1v) is 6.78. The van der Waals surface area contributed by atoms with Crippen molar-refractivity contribution in [2.75, 3.05) is 5.32 Å². The van der Waals surface area contributed by atoms with E-state index in [1.54, 1.807) is 12.1 Å². The molecule has 0 atom stereocenters. The topological polar surface area (TPSA) is 98.0 Å². The van der Waals surface area contributed by atoms with Gasteiger partial charge in [-0.15, -0.1) is 10.2 Å². The lowest BCUT2D eigenvalue weighted by Gasteiger charge is -2.05. The molecular weight excluding hydrogens is 304 g/mol. The van der Waals surface area contributed by atoms with Gasteiger partial charge in [-0.1, -0.05) is 24.3 Å². The normalized spacial score (nSPS) is 10.3. The second-order valence-corrected chi connectivity index (χ2v) is 5.33. The van der Waals surface area contributed by atoms with Crippen LogP contribution in [0.2, 0.25) is 4.47 Å². The van der Waals surface area contributed by atoms with E-state index in [1.165, 1.54) is 6.07 Å². The second kappa shape index (κ2) is 5.93. The molecule has 20 heavy (non-hydrogen) atoms. The van der Waals surface area contributed by atoms with E-state index in [1.807, 2.05) is 6.92 Å². The average Bonchev–Trinajstić information content (AvgIpc) is 2.85. The van der Waals surface area contributed by atoms with E-state index >= 15 is 0 Å². The maximum atomic E-state index is 11.8. The van der Waals surface area contributed by atoms with Crippen LogP contribution in [-0.4, -0.2) is 21.0 Å². The lowest BCUT2D eigenvalue weighted by Crippen LogP contribution is -2.12. The van der Waals surface area contributed by atoms with Crippen LogP contribution in [0.3, 0.4) is 0 Å². The van der Waals surface area contributed by atoms with Crippen LogP contribution < -0.4 is 5.32 Å². The number of amides is 1. The summed E-state index contributed by atoms with van der Waals surface area (Å²) >= 11 is 6.52. The van der Waals surface area contributed by atoms with Gasteiger partial charge in [-0.25, -0.2) is 0 Å². The summed E-state index contributed by atoms with van der Waals surface area (Å²) in [6.45, 7) is 1.82. The van der Waals surface area contributed by atoms with Gasteiger partial charge in [0.1, 0.15) is 0 Å². The van der Waals surface area contributed by atoms with Crippen molar-refractivity contribution < 1.29 is 9.72 Å². The van der Waals surface area contributed by atoms with Gasteiger partial charge in [0.05, 0.1) is 4.92 Å². The van der Waals surface area contributed by atoms with Crippen molar-refractivity contribution in [2.45, 2.75) is 13.3 Å². The summed E-state index contributed by atoms with van der Waals surface area (Å²) < 4.78 is 0.155. The Hall–Kier alpha value is -2.06. The van der Waals surface area contributed by atoms with Gasteiger partial charge in [0.25, 0.3) is 11.6 Å². The molecule has 0 bridgehead atoms. The highest BCUT2D eigenvalue weighted by atomic mass is 35.5. The molecule has 2 aromatic rings. The lowest BCUT2D eigenvalue weighted by molar-refractivity contribution is -0.385. The Bertz CT molecular complexity index is 673. The van der Waals surface area contributed by atoms with Gasteiger partial charge in [-0.05, 0) is 24.1 Å². The average molecular weight is 313 g/mol. The lowest BCUT2D eigenvalue weighted by atomic mass is 10.1. The number of rotatable bonds is 4. The molecule has 0 aliphatic carbocycles. The number of anilines is 1. The van der Waals surface area contributed by atoms with E-state index in [9.17, 15) is 14.9 Å². The van der Waals surface area contributed by atoms with Gasteiger partial charge in [-0.3, -0.25) is 14.9 Å². The number of nitro benzene ring substituents is 1. The van der Waals surface area contributed by atoms with Gasteiger partial charge in [0.15, 0.2) is 0 Å². The van der Waals surface area contributed by atoms with Crippen LogP contribution in [0.4, 0.5) is 11.4 Å². The molecule has 9 heteroatoms. The first-order chi connectivity index (χ1) is 9.51. The molecule has 0 unspecified atom stereocenters. The highest BCUT2D eigenvalue weighted by molar-refractivity contribution is 7.17. The number of nitro groups is 1. The van der Waals surface area contributed by atoms with Crippen molar-refractivity contribution in [3.05, 3.63) is 43.4 Å². The molecule has 2 rings (SSSR count). The van der Waals surface area contributed by atoms with Gasteiger partial charge in [0, 0.05) is 17.3 Å². The van der Waals surface area contributed by atoms with Gasteiger partial charge >= 0.3 is 0 Å². The fraction of sp³-hybridized carbons (Fsp3) is 0.182. The van der Waals surface area contributed by atoms with Gasteiger partial charge in [-0.2, -0.15) is 0 Å². The third-order valence-corrected chi connectivity index (χ3v) is 3.53. The van der Waals surface area contributed by atoms with Crippen LogP contribution in [-0.2, 0) is 6.42 Å². The molecule has 0 aliphatic heterocycles. The summed E-state index contributed by atoms with van der Waals surface area (Å²) in [6.07, 6.45) is 0.538. The van der Waals surface area contributed by atoms with E-state index < -0.39 is 10.8 Å². The molecule has 1 heterocycles. The fourth-order valence-corrected chi connectivity index (χ4v) is 2.32. The highest BCUT2D eigenvalue weighted by Crippen LogP contribution is 2.24. The summed E-state index contributed by atoms with van der Waals surface area (Å²) in [5.74, 6) is -0.507. The van der Waals surface area contributed by atoms with Crippen LogP contribution in [0.5, 0.6) is 0 Å². The largest absolute Gasteiger partial charge is 0.320 e. The monoisotopic (exact) mass is 312 g/mol. The molecular formula is C11H9ClN4O3S. The predicted molar refractivity (Wildman–Crippen MR) is 75.3 cm³/mol. The Morgan fingerprint density at radius 1 is 1.50 bits per heavy atom. The zero-order valence-electron chi connectivity index (χ0n) is 10.3. The number of halogens is 1. The minimum Gasteiger partial charge on any atom is -0.320 e. The molecule has 1 aromatic heterocycles. The van der Waals surface area contributed by atoms with Gasteiger partial charge in [0.2, 0.25) is 9.47 Å². The molecule has 7 nitrogen and oxygen atoms in total.